The Balaban J connectivity index is 1.92. The molecule has 5 heteroatoms. The topological polar surface area (TPSA) is 36.3 Å². The monoisotopic (exact) mass is 304 g/mol. The minimum Gasteiger partial charge on any atom is -0.381 e. The van der Waals surface area contributed by atoms with E-state index in [0.717, 1.165) is 24.2 Å². The van der Waals surface area contributed by atoms with Crippen molar-refractivity contribution in [2.75, 3.05) is 20.3 Å². The van der Waals surface area contributed by atoms with Crippen molar-refractivity contribution in [3.63, 3.8) is 0 Å². The van der Waals surface area contributed by atoms with Gasteiger partial charge < -0.3 is 14.0 Å². The Morgan fingerprint density at radius 3 is 3.05 bits per heavy atom. The summed E-state index contributed by atoms with van der Waals surface area (Å²) < 4.78 is 27.4. The summed E-state index contributed by atoms with van der Waals surface area (Å²) in [4.78, 5) is 4.25. The Hall–Kier alpha value is -1.72. The van der Waals surface area contributed by atoms with Crippen LogP contribution in [0, 0.1) is 5.82 Å². The number of imidazole rings is 1. The lowest BCUT2D eigenvalue weighted by Crippen LogP contribution is -2.31. The summed E-state index contributed by atoms with van der Waals surface area (Å²) in [5.74, 6) is 0.684. The Morgan fingerprint density at radius 2 is 2.32 bits per heavy atom. The molecular formula is C17H21FN2O2. The molecule has 4 nitrogen and oxygen atoms in total. The molecule has 1 aromatic heterocycles. The van der Waals surface area contributed by atoms with Crippen LogP contribution in [-0.2, 0) is 15.9 Å². The molecule has 3 rings (SSSR count). The van der Waals surface area contributed by atoms with E-state index in [1.165, 1.54) is 0 Å². The molecule has 2 atom stereocenters. The number of hydrogen-bond donors (Lipinski definition) is 0. The third kappa shape index (κ3) is 2.78. The fourth-order valence-electron chi connectivity index (χ4n) is 3.08. The zero-order valence-corrected chi connectivity index (χ0v) is 13.0. The van der Waals surface area contributed by atoms with E-state index in [4.69, 9.17) is 9.47 Å². The van der Waals surface area contributed by atoms with E-state index in [1.807, 2.05) is 19.1 Å². The lowest BCUT2D eigenvalue weighted by atomic mass is 9.90. The summed E-state index contributed by atoms with van der Waals surface area (Å²) in [6.45, 7) is 3.28. The molecule has 1 aliphatic rings. The first-order chi connectivity index (χ1) is 10.7. The van der Waals surface area contributed by atoms with Crippen molar-refractivity contribution in [2.45, 2.75) is 31.8 Å². The minimum absolute atomic E-state index is 0.0794. The van der Waals surface area contributed by atoms with Gasteiger partial charge in [-0.15, -0.1) is 0 Å². The second-order valence-electron chi connectivity index (χ2n) is 5.52. The van der Waals surface area contributed by atoms with Crippen LogP contribution in [0.4, 0.5) is 4.39 Å². The average molecular weight is 304 g/mol. The molecule has 22 heavy (non-hydrogen) atoms. The lowest BCUT2D eigenvalue weighted by Gasteiger charge is -2.31. The van der Waals surface area contributed by atoms with Gasteiger partial charge in [-0.25, -0.2) is 9.37 Å². The summed E-state index contributed by atoms with van der Waals surface area (Å²) in [5.41, 5.74) is 1.45. The molecule has 1 aromatic carbocycles. The number of aromatic nitrogens is 2. The third-order valence-electron chi connectivity index (χ3n) is 4.29. The highest BCUT2D eigenvalue weighted by Crippen LogP contribution is 2.30. The standard InChI is InChI=1S/C17H21FN2O2/c1-3-17-19-7-8-20(17)15-5-4-12(10-14(15)18)13-11-22-9-6-16(13)21-2/h4-5,7-8,10,13,16H,3,6,9,11H2,1-2H3. The van der Waals surface area contributed by atoms with E-state index in [9.17, 15) is 4.39 Å². The summed E-state index contributed by atoms with van der Waals surface area (Å²) in [6.07, 6.45) is 5.17. The fraction of sp³-hybridized carbons (Fsp3) is 0.471. The van der Waals surface area contributed by atoms with E-state index in [2.05, 4.69) is 4.98 Å². The second kappa shape index (κ2) is 6.58. The molecule has 0 radical (unpaired) electrons. The van der Waals surface area contributed by atoms with Gasteiger partial charge in [-0.05, 0) is 24.1 Å². The normalized spacial score (nSPS) is 22.0. The molecule has 0 bridgehead atoms. The maximum Gasteiger partial charge on any atom is 0.147 e. The molecule has 118 valence electrons. The van der Waals surface area contributed by atoms with Crippen molar-refractivity contribution in [1.29, 1.82) is 0 Å². The van der Waals surface area contributed by atoms with Crippen LogP contribution in [0.2, 0.25) is 0 Å². The van der Waals surface area contributed by atoms with Crippen molar-refractivity contribution in [1.82, 2.24) is 9.55 Å². The predicted octanol–water partition coefficient (Wildman–Crippen LogP) is 3.09. The van der Waals surface area contributed by atoms with E-state index in [1.54, 1.807) is 30.1 Å². The van der Waals surface area contributed by atoms with Gasteiger partial charge in [-0.1, -0.05) is 13.0 Å². The lowest BCUT2D eigenvalue weighted by molar-refractivity contribution is -0.0286. The molecule has 0 spiro atoms. The van der Waals surface area contributed by atoms with Crippen LogP contribution in [0.1, 0.15) is 30.7 Å². The highest BCUT2D eigenvalue weighted by molar-refractivity contribution is 5.39. The molecule has 0 saturated carbocycles. The zero-order valence-electron chi connectivity index (χ0n) is 13.0. The van der Waals surface area contributed by atoms with Crippen LogP contribution >= 0.6 is 0 Å². The molecule has 0 aliphatic carbocycles. The number of aryl methyl sites for hydroxylation is 1. The average Bonchev–Trinajstić information content (AvgIpc) is 3.03. The minimum atomic E-state index is -0.245. The van der Waals surface area contributed by atoms with Gasteiger partial charge >= 0.3 is 0 Å². The first-order valence-electron chi connectivity index (χ1n) is 7.67. The zero-order chi connectivity index (χ0) is 15.5. The third-order valence-corrected chi connectivity index (χ3v) is 4.29. The number of rotatable bonds is 4. The molecule has 2 unspecified atom stereocenters. The SMILES string of the molecule is CCc1nccn1-c1ccc(C2COCCC2OC)cc1F. The largest absolute Gasteiger partial charge is 0.381 e. The van der Waals surface area contributed by atoms with Crippen molar-refractivity contribution in [2.24, 2.45) is 0 Å². The van der Waals surface area contributed by atoms with E-state index in [0.29, 0.717) is 18.9 Å². The van der Waals surface area contributed by atoms with Crippen molar-refractivity contribution < 1.29 is 13.9 Å². The van der Waals surface area contributed by atoms with E-state index >= 15 is 0 Å². The van der Waals surface area contributed by atoms with Crippen molar-refractivity contribution >= 4 is 0 Å². The van der Waals surface area contributed by atoms with E-state index < -0.39 is 0 Å². The molecule has 1 aliphatic heterocycles. The number of methoxy groups -OCH3 is 1. The Bertz CT molecular complexity index is 641. The molecule has 0 amide bonds. The van der Waals surface area contributed by atoms with Crippen molar-refractivity contribution in [3.05, 3.63) is 47.8 Å². The van der Waals surface area contributed by atoms with Crippen LogP contribution < -0.4 is 0 Å². The summed E-state index contributed by atoms with van der Waals surface area (Å²) in [5, 5.41) is 0. The molecule has 2 aromatic rings. The van der Waals surface area contributed by atoms with E-state index in [-0.39, 0.29) is 17.8 Å². The van der Waals surface area contributed by atoms with Crippen molar-refractivity contribution in [3.8, 4) is 5.69 Å². The molecule has 1 fully saturated rings. The Labute approximate surface area is 129 Å². The molecule has 1 saturated heterocycles. The highest BCUT2D eigenvalue weighted by atomic mass is 19.1. The van der Waals surface area contributed by atoms with Gasteiger partial charge in [0.25, 0.3) is 0 Å². The Morgan fingerprint density at radius 1 is 1.45 bits per heavy atom. The molecular weight excluding hydrogens is 283 g/mol. The van der Waals surface area contributed by atoms with Gasteiger partial charge in [0, 0.05) is 38.4 Å². The maximum absolute atomic E-state index is 14.6. The predicted molar refractivity (Wildman–Crippen MR) is 81.9 cm³/mol. The highest BCUT2D eigenvalue weighted by Gasteiger charge is 2.27. The number of hydrogen-bond acceptors (Lipinski definition) is 3. The number of nitrogens with zero attached hydrogens (tertiary/aromatic N) is 2. The van der Waals surface area contributed by atoms with Gasteiger partial charge in [0.05, 0.1) is 18.4 Å². The second-order valence-corrected chi connectivity index (χ2v) is 5.52. The number of halogens is 1. The van der Waals surface area contributed by atoms with Gasteiger partial charge in [-0.3, -0.25) is 0 Å². The van der Waals surface area contributed by atoms with Gasteiger partial charge in [0.2, 0.25) is 0 Å². The number of ether oxygens (including phenoxy) is 2. The quantitative estimate of drug-likeness (QED) is 0.871. The smallest absolute Gasteiger partial charge is 0.147 e. The van der Waals surface area contributed by atoms with Gasteiger partial charge in [0.1, 0.15) is 11.6 Å². The van der Waals surface area contributed by atoms with Crippen LogP contribution in [-0.4, -0.2) is 36.0 Å². The summed E-state index contributed by atoms with van der Waals surface area (Å²) in [6, 6.07) is 5.37. The first kappa shape index (κ1) is 15.2. The van der Waals surface area contributed by atoms with Crippen LogP contribution in [0.15, 0.2) is 30.6 Å². The molecule has 0 N–H and O–H groups in total. The fourth-order valence-corrected chi connectivity index (χ4v) is 3.08. The van der Waals surface area contributed by atoms with Crippen LogP contribution in [0.3, 0.4) is 0 Å². The molecule has 2 heterocycles. The first-order valence-corrected chi connectivity index (χ1v) is 7.67. The number of benzene rings is 1. The van der Waals surface area contributed by atoms with Gasteiger partial charge in [0.15, 0.2) is 0 Å². The maximum atomic E-state index is 14.6. The van der Waals surface area contributed by atoms with Crippen LogP contribution in [0.5, 0.6) is 0 Å². The van der Waals surface area contributed by atoms with Crippen LogP contribution in [0.25, 0.3) is 5.69 Å². The Kier molecular flexibility index (Phi) is 4.55. The summed E-state index contributed by atoms with van der Waals surface area (Å²) in [7, 11) is 1.70. The van der Waals surface area contributed by atoms with Gasteiger partial charge in [-0.2, -0.15) is 0 Å². The summed E-state index contributed by atoms with van der Waals surface area (Å²) >= 11 is 0.